The number of ether oxygens (including phenoxy) is 1. The average molecular weight is 306 g/mol. The summed E-state index contributed by atoms with van der Waals surface area (Å²) < 4.78 is 81.6. The first-order valence-corrected chi connectivity index (χ1v) is 4.89. The van der Waals surface area contributed by atoms with Crippen molar-refractivity contribution in [1.29, 1.82) is 0 Å². The van der Waals surface area contributed by atoms with Gasteiger partial charge in [-0.2, -0.15) is 26.3 Å². The number of hydrogen-bond donors (Lipinski definition) is 2. The Morgan fingerprint density at radius 3 is 2.30 bits per heavy atom. The Hall–Kier alpha value is -1.75. The summed E-state index contributed by atoms with van der Waals surface area (Å²) in [6.07, 6.45) is -14.3. The lowest BCUT2D eigenvalue weighted by atomic mass is 10.2. The number of furan rings is 1. The van der Waals surface area contributed by atoms with E-state index in [0.29, 0.717) is 0 Å². The number of rotatable bonds is 4. The van der Waals surface area contributed by atoms with Gasteiger partial charge in [0.2, 0.25) is 6.10 Å². The third-order valence-corrected chi connectivity index (χ3v) is 2.08. The number of amides is 1. The molecule has 3 N–H and O–H groups in total. The second-order valence-corrected chi connectivity index (χ2v) is 3.52. The summed E-state index contributed by atoms with van der Waals surface area (Å²) in [5.41, 5.74) is 1.32. The maximum Gasteiger partial charge on any atom is 0.423 e. The quantitative estimate of drug-likeness (QED) is 0.385. The largest absolute Gasteiger partial charge is 0.459 e. The van der Waals surface area contributed by atoms with Gasteiger partial charge in [0.05, 0.1) is 12.9 Å². The number of hydrazine groups is 1. The van der Waals surface area contributed by atoms with Crippen molar-refractivity contribution in [1.82, 2.24) is 5.43 Å². The van der Waals surface area contributed by atoms with Crippen LogP contribution in [0.5, 0.6) is 0 Å². The highest BCUT2D eigenvalue weighted by atomic mass is 19.4. The van der Waals surface area contributed by atoms with Crippen LogP contribution in [-0.2, 0) is 11.3 Å². The molecule has 0 saturated heterocycles. The van der Waals surface area contributed by atoms with Crippen LogP contribution >= 0.6 is 0 Å². The van der Waals surface area contributed by atoms with Gasteiger partial charge in [-0.05, 0) is 6.07 Å². The van der Waals surface area contributed by atoms with E-state index in [9.17, 15) is 31.1 Å². The zero-order chi connectivity index (χ0) is 15.6. The molecule has 1 heterocycles. The number of alkyl halides is 6. The molecular weight excluding hydrogens is 298 g/mol. The topological polar surface area (TPSA) is 77.5 Å². The number of nitrogens with one attached hydrogen (secondary N) is 1. The highest BCUT2D eigenvalue weighted by Crippen LogP contribution is 2.36. The van der Waals surface area contributed by atoms with Crippen molar-refractivity contribution in [2.75, 3.05) is 0 Å². The Kier molecular flexibility index (Phi) is 4.65. The first kappa shape index (κ1) is 16.3. The van der Waals surface area contributed by atoms with Crippen LogP contribution in [0, 0.1) is 0 Å². The van der Waals surface area contributed by atoms with Crippen molar-refractivity contribution in [2.45, 2.75) is 25.1 Å². The Morgan fingerprint density at radius 1 is 1.30 bits per heavy atom. The standard InChI is InChI=1S/C9H8F6N2O3/c10-8(11,12)7(9(13,14)15)20-3-4-1-2-19-5(4)6(18)17-16/h1-2,7H,3,16H2,(H,17,18). The molecule has 0 unspecified atom stereocenters. The molecular formula is C9H8F6N2O3. The van der Waals surface area contributed by atoms with Gasteiger partial charge in [0, 0.05) is 5.56 Å². The van der Waals surface area contributed by atoms with E-state index in [1.807, 2.05) is 0 Å². The van der Waals surface area contributed by atoms with E-state index in [2.05, 4.69) is 9.15 Å². The van der Waals surface area contributed by atoms with Gasteiger partial charge in [-0.25, -0.2) is 5.84 Å². The van der Waals surface area contributed by atoms with Crippen LogP contribution in [0.15, 0.2) is 16.7 Å². The van der Waals surface area contributed by atoms with Gasteiger partial charge in [-0.15, -0.1) is 0 Å². The second kappa shape index (κ2) is 5.71. The van der Waals surface area contributed by atoms with Gasteiger partial charge in [-0.1, -0.05) is 0 Å². The fourth-order valence-electron chi connectivity index (χ4n) is 1.26. The van der Waals surface area contributed by atoms with Gasteiger partial charge in [0.1, 0.15) is 0 Å². The number of carbonyl (C=O) groups is 1. The van der Waals surface area contributed by atoms with Crippen LogP contribution in [-0.4, -0.2) is 24.4 Å². The molecule has 0 aliphatic rings. The van der Waals surface area contributed by atoms with Gasteiger partial charge in [0.15, 0.2) is 5.76 Å². The van der Waals surface area contributed by atoms with Crippen molar-refractivity contribution < 1.29 is 40.3 Å². The smallest absolute Gasteiger partial charge is 0.423 e. The first-order valence-electron chi connectivity index (χ1n) is 4.89. The van der Waals surface area contributed by atoms with E-state index in [1.54, 1.807) is 5.43 Å². The summed E-state index contributed by atoms with van der Waals surface area (Å²) >= 11 is 0. The Morgan fingerprint density at radius 2 is 1.85 bits per heavy atom. The Bertz CT molecular complexity index is 453. The molecule has 0 aliphatic carbocycles. The summed E-state index contributed by atoms with van der Waals surface area (Å²) in [7, 11) is 0. The van der Waals surface area contributed by atoms with Crippen LogP contribution in [0.3, 0.4) is 0 Å². The highest BCUT2D eigenvalue weighted by molar-refractivity contribution is 5.92. The van der Waals surface area contributed by atoms with Crippen molar-refractivity contribution >= 4 is 5.91 Å². The van der Waals surface area contributed by atoms with E-state index in [-0.39, 0.29) is 5.56 Å². The zero-order valence-corrected chi connectivity index (χ0v) is 9.51. The van der Waals surface area contributed by atoms with E-state index in [4.69, 9.17) is 5.84 Å². The van der Waals surface area contributed by atoms with Gasteiger partial charge in [0.25, 0.3) is 0 Å². The first-order chi connectivity index (χ1) is 9.07. The summed E-state index contributed by atoms with van der Waals surface area (Å²) in [4.78, 5) is 11.1. The number of hydrogen-bond acceptors (Lipinski definition) is 4. The lowest BCUT2D eigenvalue weighted by Gasteiger charge is -2.22. The molecule has 0 radical (unpaired) electrons. The molecule has 0 bridgehead atoms. The summed E-state index contributed by atoms with van der Waals surface area (Å²) in [6, 6.07) is 0.994. The van der Waals surface area contributed by atoms with Crippen molar-refractivity contribution in [3.05, 3.63) is 23.7 Å². The van der Waals surface area contributed by atoms with Gasteiger partial charge >= 0.3 is 18.3 Å². The van der Waals surface area contributed by atoms with Crippen LogP contribution < -0.4 is 11.3 Å². The monoisotopic (exact) mass is 306 g/mol. The number of halogens is 6. The van der Waals surface area contributed by atoms with Gasteiger partial charge in [-0.3, -0.25) is 10.2 Å². The van der Waals surface area contributed by atoms with E-state index in [1.165, 1.54) is 0 Å². The molecule has 0 aromatic carbocycles. The summed E-state index contributed by atoms with van der Waals surface area (Å²) in [6.45, 7) is -1.12. The molecule has 1 aromatic heterocycles. The lowest BCUT2D eigenvalue weighted by molar-refractivity contribution is -0.324. The van der Waals surface area contributed by atoms with Crippen LogP contribution in [0.2, 0.25) is 0 Å². The molecule has 1 amide bonds. The SMILES string of the molecule is NNC(=O)c1occc1COC(C(F)(F)F)C(F)(F)F. The molecule has 20 heavy (non-hydrogen) atoms. The molecule has 11 heteroatoms. The Labute approximate surface area is 107 Å². The molecule has 5 nitrogen and oxygen atoms in total. The second-order valence-electron chi connectivity index (χ2n) is 3.52. The van der Waals surface area contributed by atoms with E-state index >= 15 is 0 Å². The van der Waals surface area contributed by atoms with Crippen LogP contribution in [0.1, 0.15) is 16.1 Å². The van der Waals surface area contributed by atoms with Crippen molar-refractivity contribution in [3.8, 4) is 0 Å². The molecule has 114 valence electrons. The third kappa shape index (κ3) is 3.87. The maximum atomic E-state index is 12.2. The molecule has 0 aliphatic heterocycles. The molecule has 0 atom stereocenters. The molecule has 0 saturated carbocycles. The third-order valence-electron chi connectivity index (χ3n) is 2.08. The van der Waals surface area contributed by atoms with Gasteiger partial charge < -0.3 is 9.15 Å². The minimum absolute atomic E-state index is 0.300. The predicted molar refractivity (Wildman–Crippen MR) is 51.0 cm³/mol. The van der Waals surface area contributed by atoms with E-state index < -0.39 is 36.7 Å². The predicted octanol–water partition coefficient (Wildman–Crippen LogP) is 1.89. The fraction of sp³-hybridized carbons (Fsp3) is 0.444. The zero-order valence-electron chi connectivity index (χ0n) is 9.51. The van der Waals surface area contributed by atoms with E-state index in [0.717, 1.165) is 12.3 Å². The van der Waals surface area contributed by atoms with Crippen molar-refractivity contribution in [2.24, 2.45) is 5.84 Å². The minimum atomic E-state index is -5.63. The fourth-order valence-corrected chi connectivity index (χ4v) is 1.26. The number of carbonyl (C=O) groups excluding carboxylic acids is 1. The van der Waals surface area contributed by atoms with Crippen molar-refractivity contribution in [3.63, 3.8) is 0 Å². The van der Waals surface area contributed by atoms with Crippen LogP contribution in [0.4, 0.5) is 26.3 Å². The number of nitrogen functional groups attached to an aromatic ring is 1. The highest BCUT2D eigenvalue weighted by Gasteiger charge is 2.58. The molecule has 0 spiro atoms. The normalized spacial score (nSPS) is 12.8. The number of nitrogens with two attached hydrogens (primary N) is 1. The minimum Gasteiger partial charge on any atom is -0.459 e. The summed E-state index contributed by atoms with van der Waals surface area (Å²) in [5.74, 6) is 3.22. The Balaban J connectivity index is 2.84. The van der Waals surface area contributed by atoms with Crippen LogP contribution in [0.25, 0.3) is 0 Å². The molecule has 0 fully saturated rings. The summed E-state index contributed by atoms with van der Waals surface area (Å²) in [5, 5.41) is 0. The average Bonchev–Trinajstić information content (AvgIpc) is 2.72. The molecule has 1 aromatic rings. The maximum absolute atomic E-state index is 12.2. The molecule has 1 rings (SSSR count). The lowest BCUT2D eigenvalue weighted by Crippen LogP contribution is -2.44.